The van der Waals surface area contributed by atoms with Gasteiger partial charge in [0.15, 0.2) is 0 Å². The molecule has 1 aliphatic heterocycles. The van der Waals surface area contributed by atoms with E-state index in [1.165, 1.54) is 12.7 Å². The van der Waals surface area contributed by atoms with Crippen molar-refractivity contribution in [1.82, 2.24) is 4.98 Å². The predicted octanol–water partition coefficient (Wildman–Crippen LogP) is 3.21. The SMILES string of the molecule is CCOC(=O)c1coc(Cc2ccc(N3CC4CC4C3)nc2C)c1. The Morgan fingerprint density at radius 3 is 2.88 bits per heavy atom. The van der Waals surface area contributed by atoms with Crippen LogP contribution in [0.4, 0.5) is 5.82 Å². The Hall–Kier alpha value is -2.30. The Morgan fingerprint density at radius 1 is 1.38 bits per heavy atom. The lowest BCUT2D eigenvalue weighted by Gasteiger charge is -2.20. The van der Waals surface area contributed by atoms with Gasteiger partial charge in [0.25, 0.3) is 0 Å². The molecular weight excluding hydrogens is 304 g/mol. The topological polar surface area (TPSA) is 55.6 Å². The largest absolute Gasteiger partial charge is 0.468 e. The van der Waals surface area contributed by atoms with Gasteiger partial charge in [-0.2, -0.15) is 0 Å². The van der Waals surface area contributed by atoms with Crippen molar-refractivity contribution in [3.8, 4) is 0 Å². The minimum Gasteiger partial charge on any atom is -0.468 e. The fraction of sp³-hybridized carbons (Fsp3) is 0.474. The highest BCUT2D eigenvalue weighted by molar-refractivity contribution is 5.89. The number of anilines is 1. The summed E-state index contributed by atoms with van der Waals surface area (Å²) in [6.45, 7) is 6.49. The van der Waals surface area contributed by atoms with Crippen molar-refractivity contribution in [1.29, 1.82) is 0 Å². The van der Waals surface area contributed by atoms with Crippen LogP contribution in [0.1, 0.15) is 40.7 Å². The quantitative estimate of drug-likeness (QED) is 0.790. The summed E-state index contributed by atoms with van der Waals surface area (Å²) in [5.41, 5.74) is 2.60. The Kier molecular flexibility index (Phi) is 3.79. The van der Waals surface area contributed by atoms with Gasteiger partial charge in [0.2, 0.25) is 0 Å². The van der Waals surface area contributed by atoms with Gasteiger partial charge >= 0.3 is 5.97 Å². The van der Waals surface area contributed by atoms with Gasteiger partial charge in [-0.15, -0.1) is 0 Å². The lowest BCUT2D eigenvalue weighted by Crippen LogP contribution is -2.23. The third kappa shape index (κ3) is 2.90. The maximum Gasteiger partial charge on any atom is 0.341 e. The van der Waals surface area contributed by atoms with Crippen molar-refractivity contribution in [2.24, 2.45) is 11.8 Å². The monoisotopic (exact) mass is 326 g/mol. The molecule has 1 aliphatic carbocycles. The molecule has 2 fully saturated rings. The molecule has 2 aromatic rings. The van der Waals surface area contributed by atoms with Crippen LogP contribution in [0.25, 0.3) is 0 Å². The van der Waals surface area contributed by atoms with Crippen LogP contribution in [-0.2, 0) is 11.2 Å². The molecule has 1 saturated carbocycles. The minimum absolute atomic E-state index is 0.342. The molecule has 2 aliphatic rings. The normalized spacial score (nSPS) is 21.7. The summed E-state index contributed by atoms with van der Waals surface area (Å²) in [5.74, 6) is 3.28. The van der Waals surface area contributed by atoms with Crippen LogP contribution in [0.2, 0.25) is 0 Å². The van der Waals surface area contributed by atoms with Crippen LogP contribution < -0.4 is 4.90 Å². The van der Waals surface area contributed by atoms with E-state index in [-0.39, 0.29) is 5.97 Å². The number of esters is 1. The van der Waals surface area contributed by atoms with Gasteiger partial charge in [0.1, 0.15) is 17.8 Å². The molecule has 5 heteroatoms. The lowest BCUT2D eigenvalue weighted by atomic mass is 10.1. The average molecular weight is 326 g/mol. The van der Waals surface area contributed by atoms with Gasteiger partial charge in [-0.25, -0.2) is 9.78 Å². The summed E-state index contributed by atoms with van der Waals surface area (Å²) in [7, 11) is 0. The van der Waals surface area contributed by atoms with Crippen LogP contribution in [0.5, 0.6) is 0 Å². The number of furan rings is 1. The van der Waals surface area contributed by atoms with Crippen molar-refractivity contribution < 1.29 is 13.9 Å². The van der Waals surface area contributed by atoms with Gasteiger partial charge in [0.05, 0.1) is 12.2 Å². The van der Waals surface area contributed by atoms with E-state index in [2.05, 4.69) is 17.0 Å². The first-order valence-electron chi connectivity index (χ1n) is 8.60. The van der Waals surface area contributed by atoms with Crippen LogP contribution in [-0.4, -0.2) is 30.6 Å². The number of piperidine rings is 1. The zero-order chi connectivity index (χ0) is 16.7. The van der Waals surface area contributed by atoms with Crippen LogP contribution in [0.3, 0.4) is 0 Å². The van der Waals surface area contributed by atoms with Crippen LogP contribution in [0.15, 0.2) is 28.9 Å². The molecule has 0 aromatic carbocycles. The molecule has 126 valence electrons. The van der Waals surface area contributed by atoms with Gasteiger partial charge in [-0.1, -0.05) is 6.07 Å². The van der Waals surface area contributed by atoms with E-state index in [1.807, 2.05) is 6.92 Å². The first-order valence-corrected chi connectivity index (χ1v) is 8.60. The van der Waals surface area contributed by atoms with Crippen molar-refractivity contribution in [3.63, 3.8) is 0 Å². The van der Waals surface area contributed by atoms with Crippen molar-refractivity contribution in [3.05, 3.63) is 47.0 Å². The molecule has 3 heterocycles. The first-order chi connectivity index (χ1) is 11.6. The zero-order valence-electron chi connectivity index (χ0n) is 14.1. The van der Waals surface area contributed by atoms with Crippen molar-refractivity contribution in [2.75, 3.05) is 24.6 Å². The third-order valence-electron chi connectivity index (χ3n) is 5.01. The van der Waals surface area contributed by atoms with E-state index in [4.69, 9.17) is 14.1 Å². The number of ether oxygens (including phenoxy) is 1. The summed E-state index contributed by atoms with van der Waals surface area (Å²) >= 11 is 0. The number of rotatable bonds is 5. The Labute approximate surface area is 141 Å². The van der Waals surface area contributed by atoms with E-state index in [0.29, 0.717) is 18.6 Å². The van der Waals surface area contributed by atoms with Gasteiger partial charge in [-0.05, 0) is 49.8 Å². The molecular formula is C19H22N2O3. The molecule has 0 radical (unpaired) electrons. The Balaban J connectivity index is 1.45. The first kappa shape index (κ1) is 15.2. The Bertz CT molecular complexity index is 758. The molecule has 0 bridgehead atoms. The summed E-state index contributed by atoms with van der Waals surface area (Å²) in [5, 5.41) is 0. The second kappa shape index (κ2) is 5.96. The standard InChI is InChI=1S/C19H22N2O3/c1-3-23-19(22)16-8-17(24-11-16)7-13-4-5-18(20-12(13)2)21-9-14-6-15(14)10-21/h4-5,8,11,14-15H,3,6-7,9-10H2,1-2H3. The Morgan fingerprint density at radius 2 is 2.17 bits per heavy atom. The smallest absolute Gasteiger partial charge is 0.341 e. The maximum atomic E-state index is 11.7. The zero-order valence-corrected chi connectivity index (χ0v) is 14.1. The summed E-state index contributed by atoms with van der Waals surface area (Å²) in [6.07, 6.45) is 3.49. The van der Waals surface area contributed by atoms with E-state index < -0.39 is 0 Å². The highest BCUT2D eigenvalue weighted by Gasteiger charge is 2.45. The molecule has 2 unspecified atom stereocenters. The van der Waals surface area contributed by atoms with E-state index in [0.717, 1.165) is 47.8 Å². The van der Waals surface area contributed by atoms with Crippen molar-refractivity contribution in [2.45, 2.75) is 26.7 Å². The average Bonchev–Trinajstić information content (AvgIpc) is 2.98. The molecule has 2 aromatic heterocycles. The number of hydrogen-bond acceptors (Lipinski definition) is 5. The van der Waals surface area contributed by atoms with Gasteiger partial charge < -0.3 is 14.1 Å². The summed E-state index contributed by atoms with van der Waals surface area (Å²) < 4.78 is 10.5. The number of aromatic nitrogens is 1. The molecule has 5 nitrogen and oxygen atoms in total. The number of carbonyl (C=O) groups excluding carboxylic acids is 1. The number of hydrogen-bond donors (Lipinski definition) is 0. The van der Waals surface area contributed by atoms with Crippen LogP contribution in [0, 0.1) is 18.8 Å². The number of fused-ring (bicyclic) bond motifs is 1. The fourth-order valence-electron chi connectivity index (χ4n) is 3.51. The fourth-order valence-corrected chi connectivity index (χ4v) is 3.51. The van der Waals surface area contributed by atoms with E-state index >= 15 is 0 Å². The molecule has 0 spiro atoms. The number of pyridine rings is 1. The molecule has 4 rings (SSSR count). The highest BCUT2D eigenvalue weighted by Crippen LogP contribution is 2.45. The second-order valence-electron chi connectivity index (χ2n) is 6.77. The van der Waals surface area contributed by atoms with Crippen molar-refractivity contribution >= 4 is 11.8 Å². The molecule has 2 atom stereocenters. The number of nitrogens with zero attached hydrogens (tertiary/aromatic N) is 2. The number of aryl methyl sites for hydroxylation is 1. The summed E-state index contributed by atoms with van der Waals surface area (Å²) in [4.78, 5) is 18.9. The summed E-state index contributed by atoms with van der Waals surface area (Å²) in [6, 6.07) is 5.97. The second-order valence-corrected chi connectivity index (χ2v) is 6.77. The predicted molar refractivity (Wildman–Crippen MR) is 90.3 cm³/mol. The lowest BCUT2D eigenvalue weighted by molar-refractivity contribution is 0.0525. The maximum absolute atomic E-state index is 11.7. The highest BCUT2D eigenvalue weighted by atomic mass is 16.5. The van der Waals surface area contributed by atoms with E-state index in [9.17, 15) is 4.79 Å². The molecule has 0 amide bonds. The minimum atomic E-state index is -0.342. The van der Waals surface area contributed by atoms with E-state index in [1.54, 1.807) is 13.0 Å². The molecule has 24 heavy (non-hydrogen) atoms. The van der Waals surface area contributed by atoms with Crippen LogP contribution >= 0.6 is 0 Å². The third-order valence-corrected chi connectivity index (χ3v) is 5.01. The number of carbonyl (C=O) groups is 1. The van der Waals surface area contributed by atoms with Gasteiger partial charge in [-0.3, -0.25) is 0 Å². The molecule has 1 saturated heterocycles. The van der Waals surface area contributed by atoms with Gasteiger partial charge in [0, 0.05) is 25.2 Å². The molecule has 0 N–H and O–H groups in total.